The van der Waals surface area contributed by atoms with Gasteiger partial charge in [0.05, 0.1) is 22.6 Å². The topological polar surface area (TPSA) is 81.2 Å². The molecule has 1 fully saturated rings. The van der Waals surface area contributed by atoms with E-state index in [1.165, 1.54) is 11.0 Å². The molecule has 1 amide bonds. The van der Waals surface area contributed by atoms with Crippen LogP contribution in [0, 0.1) is 13.8 Å². The Morgan fingerprint density at radius 2 is 2.00 bits per heavy atom. The minimum atomic E-state index is -4.61. The van der Waals surface area contributed by atoms with Crippen LogP contribution in [0.25, 0.3) is 10.9 Å². The third kappa shape index (κ3) is 3.46. The SMILES string of the molecule is Cc1noc(C)c1C(=O)N1CCCC1c1nc2ccccc2c(=O)n1CC(F)(F)F. The number of hydrogen-bond acceptors (Lipinski definition) is 5. The van der Waals surface area contributed by atoms with Gasteiger partial charge < -0.3 is 9.42 Å². The number of amides is 1. The number of alkyl halides is 3. The normalized spacial score (nSPS) is 17.1. The van der Waals surface area contributed by atoms with E-state index in [0.29, 0.717) is 40.9 Å². The van der Waals surface area contributed by atoms with Crippen molar-refractivity contribution in [2.75, 3.05) is 6.54 Å². The maximum Gasteiger partial charge on any atom is 0.406 e. The van der Waals surface area contributed by atoms with Gasteiger partial charge in [-0.05, 0) is 38.8 Å². The Hall–Kier alpha value is -3.17. The van der Waals surface area contributed by atoms with E-state index in [2.05, 4.69) is 10.1 Å². The number of benzene rings is 1. The summed E-state index contributed by atoms with van der Waals surface area (Å²) in [6.45, 7) is 2.10. The zero-order valence-corrected chi connectivity index (χ0v) is 16.4. The number of likely N-dealkylation sites (tertiary alicyclic amines) is 1. The van der Waals surface area contributed by atoms with Gasteiger partial charge in [0.25, 0.3) is 11.5 Å². The number of carbonyl (C=O) groups is 1. The number of fused-ring (bicyclic) bond motifs is 1. The molecule has 1 atom stereocenters. The second kappa shape index (κ2) is 7.26. The lowest BCUT2D eigenvalue weighted by atomic mass is 10.1. The Morgan fingerprint density at radius 1 is 1.27 bits per heavy atom. The van der Waals surface area contributed by atoms with Crippen molar-refractivity contribution in [2.45, 2.75) is 45.5 Å². The van der Waals surface area contributed by atoms with Gasteiger partial charge >= 0.3 is 6.18 Å². The number of nitrogens with zero attached hydrogens (tertiary/aromatic N) is 4. The third-order valence-electron chi connectivity index (χ3n) is 5.29. The molecule has 1 aromatic carbocycles. The zero-order chi connectivity index (χ0) is 21.6. The molecule has 3 heterocycles. The van der Waals surface area contributed by atoms with Gasteiger partial charge in [0.2, 0.25) is 0 Å². The summed E-state index contributed by atoms with van der Waals surface area (Å²) in [5.41, 5.74) is 0.215. The molecule has 4 rings (SSSR count). The van der Waals surface area contributed by atoms with Crippen molar-refractivity contribution in [1.29, 1.82) is 0 Å². The lowest BCUT2D eigenvalue weighted by Crippen LogP contribution is -2.38. The molecule has 0 radical (unpaired) electrons. The van der Waals surface area contributed by atoms with Crippen LogP contribution in [0.2, 0.25) is 0 Å². The summed E-state index contributed by atoms with van der Waals surface area (Å²) < 4.78 is 45.6. The number of para-hydroxylation sites is 1. The molecule has 0 bridgehead atoms. The molecule has 0 spiro atoms. The van der Waals surface area contributed by atoms with Gasteiger partial charge in [0.15, 0.2) is 0 Å². The van der Waals surface area contributed by atoms with E-state index in [4.69, 9.17) is 4.52 Å². The number of aryl methyl sites for hydroxylation is 2. The van der Waals surface area contributed by atoms with Gasteiger partial charge in [-0.1, -0.05) is 17.3 Å². The van der Waals surface area contributed by atoms with Crippen LogP contribution < -0.4 is 5.56 Å². The highest BCUT2D eigenvalue weighted by molar-refractivity contribution is 5.96. The van der Waals surface area contributed by atoms with E-state index in [9.17, 15) is 22.8 Å². The summed E-state index contributed by atoms with van der Waals surface area (Å²) in [7, 11) is 0. The Labute approximate surface area is 169 Å². The number of aromatic nitrogens is 3. The van der Waals surface area contributed by atoms with E-state index in [1.54, 1.807) is 32.0 Å². The minimum Gasteiger partial charge on any atom is -0.361 e. The van der Waals surface area contributed by atoms with Crippen LogP contribution in [0.1, 0.15) is 46.5 Å². The summed E-state index contributed by atoms with van der Waals surface area (Å²) in [4.78, 5) is 31.9. The number of carbonyl (C=O) groups excluding carboxylic acids is 1. The lowest BCUT2D eigenvalue weighted by Gasteiger charge is -2.27. The van der Waals surface area contributed by atoms with E-state index in [0.717, 1.165) is 0 Å². The highest BCUT2D eigenvalue weighted by Crippen LogP contribution is 2.34. The Bertz CT molecular complexity index is 1160. The summed E-state index contributed by atoms with van der Waals surface area (Å²) in [5, 5.41) is 3.89. The van der Waals surface area contributed by atoms with Crippen molar-refractivity contribution in [3.05, 3.63) is 57.5 Å². The number of halogens is 3. The van der Waals surface area contributed by atoms with Crippen LogP contribution in [-0.2, 0) is 6.54 Å². The molecule has 1 unspecified atom stereocenters. The fourth-order valence-corrected chi connectivity index (χ4v) is 3.98. The summed E-state index contributed by atoms with van der Waals surface area (Å²) in [6, 6.07) is 5.50. The van der Waals surface area contributed by atoms with Crippen LogP contribution in [0.4, 0.5) is 13.2 Å². The van der Waals surface area contributed by atoms with Crippen LogP contribution in [0.3, 0.4) is 0 Å². The van der Waals surface area contributed by atoms with Crippen molar-refractivity contribution in [3.63, 3.8) is 0 Å². The molecule has 0 aliphatic carbocycles. The molecule has 1 aliphatic heterocycles. The molecular formula is C20H19F3N4O3. The van der Waals surface area contributed by atoms with Crippen LogP contribution in [-0.4, -0.2) is 38.2 Å². The van der Waals surface area contributed by atoms with Gasteiger partial charge in [-0.2, -0.15) is 13.2 Å². The molecule has 0 saturated carbocycles. The molecule has 0 N–H and O–H groups in total. The first-order valence-corrected chi connectivity index (χ1v) is 9.47. The summed E-state index contributed by atoms with van der Waals surface area (Å²) in [5.74, 6) is -0.120. The van der Waals surface area contributed by atoms with Gasteiger partial charge in [-0.25, -0.2) is 4.98 Å². The zero-order valence-electron chi connectivity index (χ0n) is 16.4. The van der Waals surface area contributed by atoms with E-state index in [1.807, 2.05) is 0 Å². The number of hydrogen-bond donors (Lipinski definition) is 0. The fourth-order valence-electron chi connectivity index (χ4n) is 3.98. The predicted octanol–water partition coefficient (Wildman–Crippen LogP) is 3.54. The first-order chi connectivity index (χ1) is 14.2. The first-order valence-electron chi connectivity index (χ1n) is 9.47. The molecule has 2 aromatic heterocycles. The maximum absolute atomic E-state index is 13.3. The molecule has 1 saturated heterocycles. The van der Waals surface area contributed by atoms with Gasteiger partial charge in [0, 0.05) is 6.54 Å². The van der Waals surface area contributed by atoms with Crippen LogP contribution in [0.5, 0.6) is 0 Å². The molecule has 158 valence electrons. The number of rotatable bonds is 3. The monoisotopic (exact) mass is 420 g/mol. The Kier molecular flexibility index (Phi) is 4.87. The maximum atomic E-state index is 13.3. The molecular weight excluding hydrogens is 401 g/mol. The molecule has 3 aromatic rings. The smallest absolute Gasteiger partial charge is 0.361 e. The average molecular weight is 420 g/mol. The minimum absolute atomic E-state index is 0.0614. The quantitative estimate of drug-likeness (QED) is 0.648. The summed E-state index contributed by atoms with van der Waals surface area (Å²) >= 11 is 0. The Morgan fingerprint density at radius 3 is 2.67 bits per heavy atom. The largest absolute Gasteiger partial charge is 0.406 e. The molecule has 7 nitrogen and oxygen atoms in total. The van der Waals surface area contributed by atoms with Crippen molar-refractivity contribution in [1.82, 2.24) is 19.6 Å². The van der Waals surface area contributed by atoms with E-state index in [-0.39, 0.29) is 16.8 Å². The van der Waals surface area contributed by atoms with E-state index < -0.39 is 30.2 Å². The fraction of sp³-hybridized carbons (Fsp3) is 0.400. The van der Waals surface area contributed by atoms with Gasteiger partial charge in [0.1, 0.15) is 23.7 Å². The molecule has 10 heteroatoms. The van der Waals surface area contributed by atoms with Crippen LogP contribution in [0.15, 0.2) is 33.6 Å². The third-order valence-corrected chi connectivity index (χ3v) is 5.29. The summed E-state index contributed by atoms with van der Waals surface area (Å²) in [6.07, 6.45) is -3.63. The highest BCUT2D eigenvalue weighted by Gasteiger charge is 2.38. The van der Waals surface area contributed by atoms with E-state index >= 15 is 0 Å². The second-order valence-corrected chi connectivity index (χ2v) is 7.35. The first kappa shape index (κ1) is 20.1. The molecule has 1 aliphatic rings. The average Bonchev–Trinajstić information content (AvgIpc) is 3.29. The highest BCUT2D eigenvalue weighted by atomic mass is 19.4. The van der Waals surface area contributed by atoms with Crippen molar-refractivity contribution in [2.24, 2.45) is 0 Å². The lowest BCUT2D eigenvalue weighted by molar-refractivity contribution is -0.141. The van der Waals surface area contributed by atoms with Gasteiger partial charge in [-0.15, -0.1) is 0 Å². The standard InChI is InChI=1S/C20H19F3N4O3/c1-11-16(12(2)30-25-11)19(29)26-9-5-8-15(26)17-24-14-7-4-3-6-13(14)18(28)27(17)10-20(21,22)23/h3-4,6-7,15H,5,8-10H2,1-2H3. The van der Waals surface area contributed by atoms with Crippen LogP contribution >= 0.6 is 0 Å². The predicted molar refractivity (Wildman–Crippen MR) is 101 cm³/mol. The second-order valence-electron chi connectivity index (χ2n) is 7.35. The Balaban J connectivity index is 1.86. The van der Waals surface area contributed by atoms with Gasteiger partial charge in [-0.3, -0.25) is 14.2 Å². The molecule has 30 heavy (non-hydrogen) atoms. The van der Waals surface area contributed by atoms with Crippen molar-refractivity contribution in [3.8, 4) is 0 Å². The van der Waals surface area contributed by atoms with Crippen molar-refractivity contribution >= 4 is 16.8 Å². The van der Waals surface area contributed by atoms with Crippen molar-refractivity contribution < 1.29 is 22.5 Å².